The lowest BCUT2D eigenvalue weighted by Crippen LogP contribution is -2.09. The van der Waals surface area contributed by atoms with Gasteiger partial charge in [-0.2, -0.15) is 4.98 Å². The number of nitrogens with one attached hydrogen (secondary N) is 2. The third-order valence-corrected chi connectivity index (χ3v) is 4.12. The summed E-state index contributed by atoms with van der Waals surface area (Å²) in [5.74, 6) is 1.61. The predicted octanol–water partition coefficient (Wildman–Crippen LogP) is 3.13. The summed E-state index contributed by atoms with van der Waals surface area (Å²) in [6.45, 7) is 6.63. The fraction of sp³-hybridized carbons (Fsp3) is 0.571. The molecule has 0 saturated carbocycles. The van der Waals surface area contributed by atoms with Gasteiger partial charge < -0.3 is 15.4 Å². The number of ether oxygens (including phenoxy) is 1. The first kappa shape index (κ1) is 15.0. The van der Waals surface area contributed by atoms with Gasteiger partial charge in [0.25, 0.3) is 0 Å². The van der Waals surface area contributed by atoms with Crippen LogP contribution in [-0.2, 0) is 11.2 Å². The zero-order valence-corrected chi connectivity index (χ0v) is 13.1. The van der Waals surface area contributed by atoms with Crippen molar-refractivity contribution < 1.29 is 4.74 Å². The van der Waals surface area contributed by atoms with E-state index >= 15 is 0 Å². The van der Waals surface area contributed by atoms with Crippen LogP contribution < -0.4 is 10.6 Å². The van der Waals surface area contributed by atoms with Crippen LogP contribution in [0, 0.1) is 0 Å². The highest BCUT2D eigenvalue weighted by Gasteiger charge is 2.10. The first-order valence-corrected chi connectivity index (χ1v) is 7.87. The molecule has 2 rings (SSSR count). The van der Waals surface area contributed by atoms with Gasteiger partial charge in [-0.3, -0.25) is 0 Å². The second-order valence-corrected chi connectivity index (χ2v) is 5.60. The average molecular weight is 294 g/mol. The van der Waals surface area contributed by atoms with Crippen LogP contribution in [-0.4, -0.2) is 36.8 Å². The van der Waals surface area contributed by atoms with E-state index in [4.69, 9.17) is 4.74 Å². The van der Waals surface area contributed by atoms with Crippen LogP contribution in [0.15, 0.2) is 6.07 Å². The second kappa shape index (κ2) is 7.40. The molecule has 2 heterocycles. The fourth-order valence-electron chi connectivity index (χ4n) is 1.94. The van der Waals surface area contributed by atoms with Crippen LogP contribution in [0.25, 0.3) is 10.2 Å². The molecule has 0 fully saturated rings. The molecule has 0 bridgehead atoms. The Morgan fingerprint density at radius 1 is 1.25 bits per heavy atom. The maximum atomic E-state index is 5.07. The first-order chi connectivity index (χ1) is 9.78. The first-order valence-electron chi connectivity index (χ1n) is 7.05. The minimum absolute atomic E-state index is 0.693. The van der Waals surface area contributed by atoms with Crippen molar-refractivity contribution in [3.8, 4) is 0 Å². The Bertz CT molecular complexity index is 555. The van der Waals surface area contributed by atoms with Crippen LogP contribution in [0.2, 0.25) is 0 Å². The molecule has 2 N–H and O–H groups in total. The minimum Gasteiger partial charge on any atom is -0.385 e. The molecular weight excluding hydrogens is 272 g/mol. The van der Waals surface area contributed by atoms with E-state index in [-0.39, 0.29) is 0 Å². The molecule has 2 aromatic rings. The molecule has 110 valence electrons. The van der Waals surface area contributed by atoms with E-state index in [0.717, 1.165) is 48.6 Å². The summed E-state index contributed by atoms with van der Waals surface area (Å²) in [6.07, 6.45) is 1.99. The third kappa shape index (κ3) is 3.58. The van der Waals surface area contributed by atoms with Crippen molar-refractivity contribution in [2.45, 2.75) is 26.7 Å². The Morgan fingerprint density at radius 3 is 2.80 bits per heavy atom. The van der Waals surface area contributed by atoms with E-state index in [1.165, 1.54) is 4.88 Å². The monoisotopic (exact) mass is 294 g/mol. The summed E-state index contributed by atoms with van der Waals surface area (Å²) in [4.78, 5) is 11.5. The number of thiophene rings is 1. The minimum atomic E-state index is 0.693. The van der Waals surface area contributed by atoms with Gasteiger partial charge in [-0.15, -0.1) is 11.3 Å². The van der Waals surface area contributed by atoms with E-state index in [1.807, 2.05) is 6.92 Å². The average Bonchev–Trinajstić information content (AvgIpc) is 2.87. The van der Waals surface area contributed by atoms with E-state index < -0.39 is 0 Å². The van der Waals surface area contributed by atoms with Gasteiger partial charge in [0, 0.05) is 31.7 Å². The molecule has 5 nitrogen and oxygen atoms in total. The number of hydrogen-bond donors (Lipinski definition) is 2. The topological polar surface area (TPSA) is 59.1 Å². The molecule has 0 aromatic carbocycles. The van der Waals surface area contributed by atoms with Gasteiger partial charge in [0.15, 0.2) is 0 Å². The Hall–Kier alpha value is -1.40. The lowest BCUT2D eigenvalue weighted by atomic mass is 10.3. The van der Waals surface area contributed by atoms with Crippen molar-refractivity contribution in [1.82, 2.24) is 9.97 Å². The number of nitrogens with zero attached hydrogens (tertiary/aromatic N) is 2. The van der Waals surface area contributed by atoms with Gasteiger partial charge in [0.2, 0.25) is 5.95 Å². The molecule has 0 unspecified atom stereocenters. The maximum Gasteiger partial charge on any atom is 0.226 e. The maximum absolute atomic E-state index is 5.07. The molecule has 0 aliphatic rings. The van der Waals surface area contributed by atoms with Crippen molar-refractivity contribution in [3.63, 3.8) is 0 Å². The number of rotatable bonds is 8. The van der Waals surface area contributed by atoms with Crippen molar-refractivity contribution in [1.29, 1.82) is 0 Å². The van der Waals surface area contributed by atoms with E-state index in [2.05, 4.69) is 33.6 Å². The van der Waals surface area contributed by atoms with Crippen molar-refractivity contribution in [2.24, 2.45) is 0 Å². The highest BCUT2D eigenvalue weighted by Crippen LogP contribution is 2.30. The quantitative estimate of drug-likeness (QED) is 0.733. The van der Waals surface area contributed by atoms with Crippen LogP contribution in [0.3, 0.4) is 0 Å². The lowest BCUT2D eigenvalue weighted by molar-refractivity contribution is 0.198. The summed E-state index contributed by atoms with van der Waals surface area (Å²) in [5.41, 5.74) is 0. The van der Waals surface area contributed by atoms with Crippen molar-refractivity contribution >= 4 is 33.3 Å². The third-order valence-electron chi connectivity index (χ3n) is 2.94. The standard InChI is InChI=1S/C14H22N4OS/c1-4-10-9-11-12(16-7-6-8-19-3)17-14(15-5-2)18-13(11)20-10/h9H,4-8H2,1-3H3,(H2,15,16,17,18). The van der Waals surface area contributed by atoms with E-state index in [0.29, 0.717) is 5.95 Å². The molecule has 0 aliphatic heterocycles. The summed E-state index contributed by atoms with van der Waals surface area (Å²) in [5, 5.41) is 7.70. The Balaban J connectivity index is 2.25. The Kier molecular flexibility index (Phi) is 5.55. The summed E-state index contributed by atoms with van der Waals surface area (Å²) < 4.78 is 5.07. The molecule has 20 heavy (non-hydrogen) atoms. The zero-order chi connectivity index (χ0) is 14.4. The molecule has 6 heteroatoms. The SMILES string of the molecule is CCNc1nc(NCCCOC)c2cc(CC)sc2n1. The number of anilines is 2. The number of methoxy groups -OCH3 is 1. The molecule has 0 saturated heterocycles. The number of hydrogen-bond acceptors (Lipinski definition) is 6. The molecule has 0 amide bonds. The molecule has 0 aliphatic carbocycles. The van der Waals surface area contributed by atoms with Crippen molar-refractivity contribution in [3.05, 3.63) is 10.9 Å². The second-order valence-electron chi connectivity index (χ2n) is 4.48. The fourth-order valence-corrected chi connectivity index (χ4v) is 2.91. The Labute approximate surface area is 123 Å². The van der Waals surface area contributed by atoms with E-state index in [9.17, 15) is 0 Å². The van der Waals surface area contributed by atoms with Gasteiger partial charge in [0.1, 0.15) is 10.6 Å². The molecule has 2 aromatic heterocycles. The predicted molar refractivity (Wildman–Crippen MR) is 85.9 cm³/mol. The van der Waals surface area contributed by atoms with Crippen molar-refractivity contribution in [2.75, 3.05) is 37.4 Å². The van der Waals surface area contributed by atoms with Gasteiger partial charge in [-0.05, 0) is 25.8 Å². The van der Waals surface area contributed by atoms with Gasteiger partial charge in [-0.1, -0.05) is 6.92 Å². The summed E-state index contributed by atoms with van der Waals surface area (Å²) in [7, 11) is 1.72. The zero-order valence-electron chi connectivity index (χ0n) is 12.3. The molecular formula is C14H22N4OS. The van der Waals surface area contributed by atoms with E-state index in [1.54, 1.807) is 18.4 Å². The van der Waals surface area contributed by atoms with Gasteiger partial charge >= 0.3 is 0 Å². The molecule has 0 radical (unpaired) electrons. The largest absolute Gasteiger partial charge is 0.385 e. The number of fused-ring (bicyclic) bond motifs is 1. The smallest absolute Gasteiger partial charge is 0.226 e. The van der Waals surface area contributed by atoms with Gasteiger partial charge in [0.05, 0.1) is 5.39 Å². The lowest BCUT2D eigenvalue weighted by Gasteiger charge is -2.09. The molecule has 0 spiro atoms. The number of aromatic nitrogens is 2. The highest BCUT2D eigenvalue weighted by atomic mass is 32.1. The highest BCUT2D eigenvalue weighted by molar-refractivity contribution is 7.18. The number of aryl methyl sites for hydroxylation is 1. The van der Waals surface area contributed by atoms with Crippen LogP contribution >= 0.6 is 11.3 Å². The summed E-state index contributed by atoms with van der Waals surface area (Å²) in [6, 6.07) is 2.19. The normalized spacial score (nSPS) is 10.9. The van der Waals surface area contributed by atoms with Gasteiger partial charge in [-0.25, -0.2) is 4.98 Å². The summed E-state index contributed by atoms with van der Waals surface area (Å²) >= 11 is 1.74. The Morgan fingerprint density at radius 2 is 2.10 bits per heavy atom. The van der Waals surface area contributed by atoms with Crippen LogP contribution in [0.1, 0.15) is 25.1 Å². The van der Waals surface area contributed by atoms with Crippen LogP contribution in [0.5, 0.6) is 0 Å². The van der Waals surface area contributed by atoms with Crippen LogP contribution in [0.4, 0.5) is 11.8 Å². The molecule has 0 atom stereocenters.